The molecule has 19 heavy (non-hydrogen) atoms. The van der Waals surface area contributed by atoms with Crippen LogP contribution in [0.4, 0.5) is 5.69 Å². The van der Waals surface area contributed by atoms with E-state index < -0.39 is 0 Å². The molecule has 2 rings (SSSR count). The zero-order chi connectivity index (χ0) is 13.7. The second-order valence-electron chi connectivity index (χ2n) is 5.52. The molecule has 0 aliphatic carbocycles. The Balaban J connectivity index is 1.89. The van der Waals surface area contributed by atoms with E-state index in [1.807, 2.05) is 11.6 Å². The maximum Gasteiger partial charge on any atom is 0.123 e. The summed E-state index contributed by atoms with van der Waals surface area (Å²) in [5.74, 6) is 0. The van der Waals surface area contributed by atoms with Gasteiger partial charge in [0.25, 0.3) is 0 Å². The van der Waals surface area contributed by atoms with Crippen molar-refractivity contribution in [3.63, 3.8) is 0 Å². The monoisotopic (exact) mass is 275 g/mol. The van der Waals surface area contributed by atoms with Crippen molar-refractivity contribution < 1.29 is 0 Å². The number of thiazole rings is 1. The summed E-state index contributed by atoms with van der Waals surface area (Å²) in [7, 11) is 0. The van der Waals surface area contributed by atoms with Gasteiger partial charge in [0, 0.05) is 41.5 Å². The van der Waals surface area contributed by atoms with Crippen molar-refractivity contribution in [2.45, 2.75) is 26.3 Å². The number of hydrogen-bond donors (Lipinski definition) is 2. The van der Waals surface area contributed by atoms with E-state index in [1.54, 1.807) is 11.3 Å². The molecule has 0 fully saturated rings. The van der Waals surface area contributed by atoms with E-state index >= 15 is 0 Å². The summed E-state index contributed by atoms with van der Waals surface area (Å²) in [4.78, 5) is 4.33. The smallest absolute Gasteiger partial charge is 0.123 e. The second kappa shape index (κ2) is 6.17. The molecule has 2 N–H and O–H groups in total. The van der Waals surface area contributed by atoms with Gasteiger partial charge in [-0.1, -0.05) is 12.1 Å². The molecule has 0 saturated carbocycles. The molecule has 0 amide bonds. The number of anilines is 1. The summed E-state index contributed by atoms with van der Waals surface area (Å²) >= 11 is 1.67. The fourth-order valence-corrected chi connectivity index (χ4v) is 2.41. The lowest BCUT2D eigenvalue weighted by Gasteiger charge is -2.20. The highest BCUT2D eigenvalue weighted by Gasteiger charge is 2.07. The van der Waals surface area contributed by atoms with E-state index in [-0.39, 0.29) is 5.54 Å². The third kappa shape index (κ3) is 4.65. The minimum absolute atomic E-state index is 0.171. The summed E-state index contributed by atoms with van der Waals surface area (Å²) in [5, 5.41) is 9.96. The fraction of sp³-hybridized carbons (Fsp3) is 0.400. The van der Waals surface area contributed by atoms with Gasteiger partial charge in [-0.3, -0.25) is 0 Å². The Kier molecular flexibility index (Phi) is 4.56. The van der Waals surface area contributed by atoms with Crippen molar-refractivity contribution in [2.24, 2.45) is 0 Å². The van der Waals surface area contributed by atoms with Crippen molar-refractivity contribution in [1.29, 1.82) is 0 Å². The Bertz CT molecular complexity index is 500. The van der Waals surface area contributed by atoms with Crippen molar-refractivity contribution in [3.8, 4) is 10.6 Å². The van der Waals surface area contributed by atoms with Crippen LogP contribution >= 0.6 is 11.3 Å². The lowest BCUT2D eigenvalue weighted by atomic mass is 10.1. The van der Waals surface area contributed by atoms with E-state index in [2.05, 4.69) is 60.7 Å². The summed E-state index contributed by atoms with van der Waals surface area (Å²) in [6.45, 7) is 8.39. The van der Waals surface area contributed by atoms with Crippen LogP contribution in [-0.4, -0.2) is 23.6 Å². The van der Waals surface area contributed by atoms with Gasteiger partial charge in [0.1, 0.15) is 5.01 Å². The second-order valence-corrected chi connectivity index (χ2v) is 6.42. The molecule has 0 saturated heterocycles. The van der Waals surface area contributed by atoms with Gasteiger partial charge in [-0.25, -0.2) is 4.98 Å². The molecule has 0 aliphatic rings. The molecular formula is C15H21N3S. The fourth-order valence-electron chi connectivity index (χ4n) is 1.77. The van der Waals surface area contributed by atoms with Gasteiger partial charge in [0.15, 0.2) is 0 Å². The first-order valence-electron chi connectivity index (χ1n) is 6.53. The standard InChI is InChI=1S/C15H21N3S/c1-15(2,3)18-8-7-16-13-6-4-5-12(11-13)14-17-9-10-19-14/h4-6,9-11,16,18H,7-8H2,1-3H3. The zero-order valence-corrected chi connectivity index (χ0v) is 12.6. The van der Waals surface area contributed by atoms with Crippen LogP contribution in [0, 0.1) is 0 Å². The third-order valence-electron chi connectivity index (χ3n) is 2.65. The predicted molar refractivity (Wildman–Crippen MR) is 83.8 cm³/mol. The van der Waals surface area contributed by atoms with Gasteiger partial charge in [0.2, 0.25) is 0 Å². The maximum absolute atomic E-state index is 4.33. The van der Waals surface area contributed by atoms with Crippen LogP contribution in [0.5, 0.6) is 0 Å². The molecule has 1 aromatic carbocycles. The van der Waals surface area contributed by atoms with Crippen LogP contribution in [0.25, 0.3) is 10.6 Å². The first-order valence-corrected chi connectivity index (χ1v) is 7.41. The Morgan fingerprint density at radius 3 is 2.74 bits per heavy atom. The first kappa shape index (κ1) is 14.0. The number of nitrogens with one attached hydrogen (secondary N) is 2. The van der Waals surface area contributed by atoms with Crippen LogP contribution in [0.15, 0.2) is 35.8 Å². The lowest BCUT2D eigenvalue weighted by molar-refractivity contribution is 0.435. The molecule has 1 heterocycles. The maximum atomic E-state index is 4.33. The highest BCUT2D eigenvalue weighted by molar-refractivity contribution is 7.13. The number of rotatable bonds is 5. The summed E-state index contributed by atoms with van der Waals surface area (Å²) < 4.78 is 0. The summed E-state index contributed by atoms with van der Waals surface area (Å²) in [6, 6.07) is 8.40. The van der Waals surface area contributed by atoms with Crippen LogP contribution in [0.3, 0.4) is 0 Å². The first-order chi connectivity index (χ1) is 9.04. The molecule has 0 aliphatic heterocycles. The highest BCUT2D eigenvalue weighted by Crippen LogP contribution is 2.24. The van der Waals surface area contributed by atoms with E-state index in [0.717, 1.165) is 23.8 Å². The molecule has 2 aromatic rings. The molecule has 3 nitrogen and oxygen atoms in total. The topological polar surface area (TPSA) is 37.0 Å². The molecule has 0 unspecified atom stereocenters. The number of benzene rings is 1. The number of nitrogens with zero attached hydrogens (tertiary/aromatic N) is 1. The van der Waals surface area contributed by atoms with Crippen molar-refractivity contribution in [1.82, 2.24) is 10.3 Å². The van der Waals surface area contributed by atoms with E-state index in [4.69, 9.17) is 0 Å². The highest BCUT2D eigenvalue weighted by atomic mass is 32.1. The Morgan fingerprint density at radius 2 is 2.05 bits per heavy atom. The van der Waals surface area contributed by atoms with Gasteiger partial charge in [-0.2, -0.15) is 0 Å². The molecule has 102 valence electrons. The number of aromatic nitrogens is 1. The van der Waals surface area contributed by atoms with Crippen LogP contribution in [0.1, 0.15) is 20.8 Å². The van der Waals surface area contributed by atoms with Crippen molar-refractivity contribution in [3.05, 3.63) is 35.8 Å². The summed E-state index contributed by atoms with van der Waals surface area (Å²) in [6.07, 6.45) is 1.84. The normalized spacial score (nSPS) is 11.5. The molecule has 0 spiro atoms. The van der Waals surface area contributed by atoms with Crippen molar-refractivity contribution in [2.75, 3.05) is 18.4 Å². The van der Waals surface area contributed by atoms with E-state index in [9.17, 15) is 0 Å². The predicted octanol–water partition coefficient (Wildman–Crippen LogP) is 3.61. The molecular weight excluding hydrogens is 254 g/mol. The average Bonchev–Trinajstić information content (AvgIpc) is 2.88. The minimum atomic E-state index is 0.171. The van der Waals surface area contributed by atoms with E-state index in [1.165, 1.54) is 5.56 Å². The van der Waals surface area contributed by atoms with Crippen LogP contribution < -0.4 is 10.6 Å². The quantitative estimate of drug-likeness (QED) is 0.819. The van der Waals surface area contributed by atoms with Gasteiger partial charge in [-0.05, 0) is 32.9 Å². The van der Waals surface area contributed by atoms with Gasteiger partial charge in [0.05, 0.1) is 0 Å². The SMILES string of the molecule is CC(C)(C)NCCNc1cccc(-c2nccs2)c1. The van der Waals surface area contributed by atoms with Gasteiger partial charge >= 0.3 is 0 Å². The molecule has 0 bridgehead atoms. The zero-order valence-electron chi connectivity index (χ0n) is 11.7. The molecule has 0 radical (unpaired) electrons. The van der Waals surface area contributed by atoms with Crippen molar-refractivity contribution >= 4 is 17.0 Å². The number of hydrogen-bond acceptors (Lipinski definition) is 4. The van der Waals surface area contributed by atoms with Gasteiger partial charge in [-0.15, -0.1) is 11.3 Å². The molecule has 0 atom stereocenters. The average molecular weight is 275 g/mol. The Hall–Kier alpha value is -1.39. The summed E-state index contributed by atoms with van der Waals surface area (Å²) in [5.41, 5.74) is 2.48. The Morgan fingerprint density at radius 1 is 1.21 bits per heavy atom. The Labute approximate surface area is 119 Å². The lowest BCUT2D eigenvalue weighted by Crippen LogP contribution is -2.38. The van der Waals surface area contributed by atoms with Crippen LogP contribution in [0.2, 0.25) is 0 Å². The third-order valence-corrected chi connectivity index (χ3v) is 3.47. The van der Waals surface area contributed by atoms with E-state index in [0.29, 0.717) is 0 Å². The van der Waals surface area contributed by atoms with Crippen LogP contribution in [-0.2, 0) is 0 Å². The molecule has 1 aromatic heterocycles. The minimum Gasteiger partial charge on any atom is -0.384 e. The largest absolute Gasteiger partial charge is 0.384 e. The molecule has 4 heteroatoms. The van der Waals surface area contributed by atoms with Gasteiger partial charge < -0.3 is 10.6 Å².